The molecule has 0 radical (unpaired) electrons. The van der Waals surface area contributed by atoms with E-state index in [0.29, 0.717) is 30.0 Å². The average Bonchev–Trinajstić information content (AvgIpc) is 3.18. The van der Waals surface area contributed by atoms with Crippen molar-refractivity contribution in [3.63, 3.8) is 0 Å². The zero-order valence-corrected chi connectivity index (χ0v) is 19.6. The summed E-state index contributed by atoms with van der Waals surface area (Å²) in [5, 5.41) is 7.38. The molecule has 5 atom stereocenters. The van der Waals surface area contributed by atoms with Crippen LogP contribution in [0.1, 0.15) is 45.1 Å². The minimum Gasteiger partial charge on any atom is -0.377 e. The highest BCUT2D eigenvalue weighted by Crippen LogP contribution is 2.52. The van der Waals surface area contributed by atoms with Crippen molar-refractivity contribution in [1.82, 2.24) is 10.6 Å². The third-order valence-corrected chi connectivity index (χ3v) is 6.65. The van der Waals surface area contributed by atoms with Gasteiger partial charge in [-0.15, -0.1) is 24.0 Å². The van der Waals surface area contributed by atoms with E-state index in [4.69, 9.17) is 9.73 Å². The molecule has 0 aromatic heterocycles. The summed E-state index contributed by atoms with van der Waals surface area (Å²) in [7, 11) is 0. The maximum atomic E-state index is 5.91. The molecule has 0 bridgehead atoms. The van der Waals surface area contributed by atoms with Crippen LogP contribution in [0.4, 0.5) is 0 Å². The number of hydrogen-bond donors (Lipinski definition) is 2. The van der Waals surface area contributed by atoms with Crippen LogP contribution < -0.4 is 10.6 Å². The Hall–Kier alpha value is -0.340. The van der Waals surface area contributed by atoms with Crippen molar-refractivity contribution in [3.05, 3.63) is 34.3 Å². The van der Waals surface area contributed by atoms with Gasteiger partial charge >= 0.3 is 0 Å². The molecule has 1 aliphatic heterocycles. The smallest absolute Gasteiger partial charge is 0.191 e. The molecule has 1 aromatic rings. The normalized spacial score (nSPS) is 34.3. The minimum absolute atomic E-state index is 0. The van der Waals surface area contributed by atoms with Crippen LogP contribution in [-0.2, 0) is 4.74 Å². The van der Waals surface area contributed by atoms with Crippen LogP contribution in [0, 0.1) is 11.3 Å². The maximum Gasteiger partial charge on any atom is 0.191 e. The summed E-state index contributed by atoms with van der Waals surface area (Å²) in [5.74, 6) is 2.18. The second kappa shape index (κ2) is 7.95. The van der Waals surface area contributed by atoms with E-state index in [1.54, 1.807) is 0 Å². The second-order valence-electron chi connectivity index (χ2n) is 8.15. The first kappa shape index (κ1) is 20.4. The Kier molecular flexibility index (Phi) is 6.24. The number of nitrogens with one attached hydrogen (secondary N) is 2. The Labute approximate surface area is 182 Å². The lowest BCUT2D eigenvalue weighted by atomic mass is 9.57. The highest BCUT2D eigenvalue weighted by molar-refractivity contribution is 14.0. The van der Waals surface area contributed by atoms with Gasteiger partial charge in [-0.1, -0.05) is 41.9 Å². The van der Waals surface area contributed by atoms with Gasteiger partial charge in [-0.3, -0.25) is 4.99 Å². The number of fused-ring (bicyclic) bond motifs is 1. The first-order chi connectivity index (χ1) is 12.0. The zero-order valence-electron chi connectivity index (χ0n) is 15.7. The van der Waals surface area contributed by atoms with Crippen molar-refractivity contribution in [3.8, 4) is 0 Å². The molecule has 1 aromatic carbocycles. The number of rotatable bonds is 4. The minimum atomic E-state index is 0. The first-order valence-electron chi connectivity index (χ1n) is 9.45. The highest BCUT2D eigenvalue weighted by Gasteiger charge is 2.59. The van der Waals surface area contributed by atoms with E-state index < -0.39 is 0 Å². The molecular weight excluding hydrogens is 505 g/mol. The number of guanidine groups is 1. The van der Waals surface area contributed by atoms with Crippen LogP contribution >= 0.6 is 39.9 Å². The summed E-state index contributed by atoms with van der Waals surface area (Å²) in [6.07, 6.45) is 2.75. The maximum absolute atomic E-state index is 5.91. The van der Waals surface area contributed by atoms with Crippen LogP contribution in [-0.4, -0.2) is 37.3 Å². The molecule has 4 nitrogen and oxygen atoms in total. The predicted molar refractivity (Wildman–Crippen MR) is 120 cm³/mol. The van der Waals surface area contributed by atoms with Crippen molar-refractivity contribution < 1.29 is 4.74 Å². The Morgan fingerprint density at radius 3 is 2.69 bits per heavy atom. The molecule has 4 rings (SSSR count). The number of hydrogen-bond acceptors (Lipinski definition) is 2. The molecule has 2 aliphatic carbocycles. The molecule has 2 saturated carbocycles. The third-order valence-electron chi connectivity index (χ3n) is 6.12. The van der Waals surface area contributed by atoms with E-state index in [1.165, 1.54) is 12.0 Å². The Bertz CT molecular complexity index is 664. The zero-order chi connectivity index (χ0) is 17.6. The number of benzene rings is 1. The first-order valence-corrected chi connectivity index (χ1v) is 10.2. The monoisotopic (exact) mass is 533 g/mol. The predicted octanol–water partition coefficient (Wildman–Crippen LogP) is 4.29. The molecule has 26 heavy (non-hydrogen) atoms. The van der Waals surface area contributed by atoms with E-state index in [0.717, 1.165) is 30.0 Å². The van der Waals surface area contributed by atoms with Gasteiger partial charge in [0.25, 0.3) is 0 Å². The highest BCUT2D eigenvalue weighted by atomic mass is 127. The van der Waals surface area contributed by atoms with Gasteiger partial charge in [0.1, 0.15) is 0 Å². The summed E-state index contributed by atoms with van der Waals surface area (Å²) in [6, 6.07) is 9.62. The summed E-state index contributed by atoms with van der Waals surface area (Å²) in [4.78, 5) is 4.69. The van der Waals surface area contributed by atoms with Gasteiger partial charge in [-0.05, 0) is 37.5 Å². The fraction of sp³-hybridized carbons (Fsp3) is 0.650. The van der Waals surface area contributed by atoms with Gasteiger partial charge in [-0.25, -0.2) is 0 Å². The summed E-state index contributed by atoms with van der Waals surface area (Å²) < 4.78 is 7.05. The Morgan fingerprint density at radius 2 is 2.00 bits per heavy atom. The van der Waals surface area contributed by atoms with Crippen LogP contribution in [0.15, 0.2) is 33.7 Å². The molecular formula is C20H29BrIN3O. The number of nitrogens with zero attached hydrogens (tertiary/aromatic N) is 1. The van der Waals surface area contributed by atoms with Crippen molar-refractivity contribution in [2.24, 2.45) is 16.3 Å². The lowest BCUT2D eigenvalue weighted by molar-refractivity contribution is -0.106. The lowest BCUT2D eigenvalue weighted by Crippen LogP contribution is -2.68. The molecule has 5 unspecified atom stereocenters. The second-order valence-corrected chi connectivity index (χ2v) is 9.07. The molecule has 1 saturated heterocycles. The van der Waals surface area contributed by atoms with E-state index >= 15 is 0 Å². The fourth-order valence-electron chi connectivity index (χ4n) is 4.66. The van der Waals surface area contributed by atoms with Crippen molar-refractivity contribution >= 4 is 45.9 Å². The summed E-state index contributed by atoms with van der Waals surface area (Å²) in [6.45, 7) is 8.41. The number of aliphatic imine (C=N–C) groups is 1. The summed E-state index contributed by atoms with van der Waals surface area (Å²) >= 11 is 3.51. The van der Waals surface area contributed by atoms with E-state index in [2.05, 4.69) is 71.6 Å². The van der Waals surface area contributed by atoms with Crippen LogP contribution in [0.5, 0.6) is 0 Å². The summed E-state index contributed by atoms with van der Waals surface area (Å²) in [5.41, 5.74) is 1.58. The van der Waals surface area contributed by atoms with Crippen LogP contribution in [0.3, 0.4) is 0 Å². The lowest BCUT2D eigenvalue weighted by Gasteiger charge is -2.55. The van der Waals surface area contributed by atoms with Gasteiger partial charge in [0.15, 0.2) is 5.96 Å². The largest absolute Gasteiger partial charge is 0.377 e. The van der Waals surface area contributed by atoms with Crippen molar-refractivity contribution in [1.29, 1.82) is 0 Å². The van der Waals surface area contributed by atoms with E-state index in [-0.39, 0.29) is 29.4 Å². The van der Waals surface area contributed by atoms with Crippen molar-refractivity contribution in [2.75, 3.05) is 13.2 Å². The van der Waals surface area contributed by atoms with E-state index in [9.17, 15) is 0 Å². The molecule has 3 aliphatic rings. The van der Waals surface area contributed by atoms with Gasteiger partial charge < -0.3 is 15.4 Å². The van der Waals surface area contributed by atoms with Crippen molar-refractivity contribution in [2.45, 2.75) is 57.7 Å². The van der Waals surface area contributed by atoms with Gasteiger partial charge in [0, 0.05) is 47.0 Å². The third kappa shape index (κ3) is 3.78. The molecule has 1 heterocycles. The molecule has 6 heteroatoms. The van der Waals surface area contributed by atoms with Crippen LogP contribution in [0.2, 0.25) is 0 Å². The van der Waals surface area contributed by atoms with Crippen LogP contribution in [0.25, 0.3) is 0 Å². The molecule has 3 fully saturated rings. The number of ether oxygens (including phenoxy) is 1. The standard InChI is InChI=1S/C20H28BrN3O.HI/c1-4-22-19(24-17-14-9-10-25-18(14)20(17,2)3)23-16-11-15(16)12-5-7-13(21)8-6-12;/h5-8,14-18H,4,9-11H2,1-3H3,(H2,22,23,24);1H. The van der Waals surface area contributed by atoms with Gasteiger partial charge in [-0.2, -0.15) is 0 Å². The topological polar surface area (TPSA) is 45.7 Å². The molecule has 144 valence electrons. The molecule has 0 amide bonds. The quantitative estimate of drug-likeness (QED) is 0.345. The Morgan fingerprint density at radius 1 is 1.27 bits per heavy atom. The van der Waals surface area contributed by atoms with Gasteiger partial charge in [0.2, 0.25) is 0 Å². The Balaban J connectivity index is 0.00000196. The number of halogens is 2. The van der Waals surface area contributed by atoms with Gasteiger partial charge in [0.05, 0.1) is 6.10 Å². The average molecular weight is 534 g/mol. The molecule has 0 spiro atoms. The SMILES string of the molecule is CCN=C(NC1CC1c1ccc(Br)cc1)NC1C2CCOC2C1(C)C.I. The van der Waals surface area contributed by atoms with E-state index in [1.807, 2.05) is 0 Å². The molecule has 2 N–H and O–H groups in total. The fourth-order valence-corrected chi connectivity index (χ4v) is 4.93.